The molecule has 0 spiro atoms. The number of nitrogens with zero attached hydrogens (tertiary/aromatic N) is 1. The molecule has 1 saturated heterocycles. The zero-order valence-electron chi connectivity index (χ0n) is 23.9. The highest BCUT2D eigenvalue weighted by Crippen LogP contribution is 2.54. The highest BCUT2D eigenvalue weighted by atomic mass is 32.2. The normalized spacial score (nSPS) is 26.3. The second-order valence-corrected chi connectivity index (χ2v) is 14.0. The molecular formula is C31H31F8NO4S. The van der Waals surface area contributed by atoms with E-state index in [-0.39, 0.29) is 48.7 Å². The van der Waals surface area contributed by atoms with Crippen molar-refractivity contribution in [2.24, 2.45) is 11.8 Å². The van der Waals surface area contributed by atoms with Gasteiger partial charge in [0.15, 0.2) is 0 Å². The number of carboxylic acids is 1. The van der Waals surface area contributed by atoms with Gasteiger partial charge in [0.2, 0.25) is 5.91 Å². The van der Waals surface area contributed by atoms with Gasteiger partial charge in [-0.25, -0.2) is 8.78 Å². The van der Waals surface area contributed by atoms with Gasteiger partial charge in [-0.3, -0.25) is 13.8 Å². The smallest absolute Gasteiger partial charge is 0.435 e. The fourth-order valence-corrected chi connectivity index (χ4v) is 8.48. The molecule has 5 rings (SSSR count). The molecule has 2 unspecified atom stereocenters. The first-order valence-corrected chi connectivity index (χ1v) is 15.7. The molecular weight excluding hydrogens is 634 g/mol. The first-order valence-electron chi connectivity index (χ1n) is 14.6. The fourth-order valence-electron chi connectivity index (χ4n) is 6.69. The minimum Gasteiger partial charge on any atom is -0.481 e. The zero-order chi connectivity index (χ0) is 33.0. The van der Waals surface area contributed by atoms with Crippen LogP contribution in [0, 0.1) is 11.8 Å². The highest BCUT2D eigenvalue weighted by Gasteiger charge is 2.73. The molecule has 3 fully saturated rings. The molecule has 45 heavy (non-hydrogen) atoms. The molecule has 2 atom stereocenters. The molecule has 246 valence electrons. The maximum atomic E-state index is 15.3. The van der Waals surface area contributed by atoms with E-state index in [9.17, 15) is 49.6 Å². The minimum atomic E-state index is -6.31. The van der Waals surface area contributed by atoms with Gasteiger partial charge in [0.05, 0.1) is 21.5 Å². The van der Waals surface area contributed by atoms with E-state index >= 15 is 4.39 Å². The summed E-state index contributed by atoms with van der Waals surface area (Å²) in [7, 11) is -2.08. The van der Waals surface area contributed by atoms with Crippen LogP contribution in [0.1, 0.15) is 68.1 Å². The first-order chi connectivity index (χ1) is 20.9. The van der Waals surface area contributed by atoms with Crippen LogP contribution in [0.3, 0.4) is 0 Å². The first kappa shape index (κ1) is 33.3. The van der Waals surface area contributed by atoms with Crippen molar-refractivity contribution in [3.8, 4) is 0 Å². The van der Waals surface area contributed by atoms with Gasteiger partial charge in [-0.2, -0.15) is 26.3 Å². The van der Waals surface area contributed by atoms with Crippen molar-refractivity contribution in [1.29, 1.82) is 0 Å². The van der Waals surface area contributed by atoms with Gasteiger partial charge in [0.1, 0.15) is 5.67 Å². The number of hydrogen-bond donors (Lipinski definition) is 1. The SMILES string of the molecule is O=C(O)C1CCC(C(=O)N2CCC(c3ccc(C(F)(C(F)(F)F)C(F)(F)F)cc3)(S(=O)c3cccc(C4(F)CCC4)c3)C2)CC1. The molecule has 5 nitrogen and oxygen atoms in total. The van der Waals surface area contributed by atoms with E-state index in [1.54, 1.807) is 6.07 Å². The number of carbonyl (C=O) groups excluding carboxylic acids is 1. The summed E-state index contributed by atoms with van der Waals surface area (Å²) in [5.41, 5.74) is -8.63. The minimum absolute atomic E-state index is 0.000522. The summed E-state index contributed by atoms with van der Waals surface area (Å²) in [6, 6.07) is 8.46. The van der Waals surface area contributed by atoms with Crippen LogP contribution in [0.4, 0.5) is 35.1 Å². The number of halogens is 8. The molecule has 3 aliphatic rings. The Morgan fingerprint density at radius 3 is 1.91 bits per heavy atom. The number of hydrogen-bond acceptors (Lipinski definition) is 3. The van der Waals surface area contributed by atoms with Gasteiger partial charge < -0.3 is 10.0 Å². The van der Waals surface area contributed by atoms with E-state index in [1.807, 2.05) is 0 Å². The zero-order valence-corrected chi connectivity index (χ0v) is 24.7. The van der Waals surface area contributed by atoms with Crippen LogP contribution >= 0.6 is 0 Å². The van der Waals surface area contributed by atoms with Gasteiger partial charge in [-0.05, 0) is 74.6 Å². The number of aliphatic carboxylic acids is 1. The van der Waals surface area contributed by atoms with Gasteiger partial charge in [0.25, 0.3) is 0 Å². The Morgan fingerprint density at radius 1 is 0.822 bits per heavy atom. The average Bonchev–Trinajstić information content (AvgIpc) is 3.44. The Labute approximate surface area is 256 Å². The molecule has 2 aliphatic carbocycles. The largest absolute Gasteiger partial charge is 0.481 e. The number of benzene rings is 2. The standard InChI is InChI=1S/C31H31F8NO4S/c32-27(13-2-14-27)23-3-1-4-24(17-23)45(44)28(15-16-40(18-28)25(41)19-5-7-20(8-6-19)26(42)43)21-9-11-22(12-10-21)29(33,30(34,35)36)31(37,38)39/h1,3-4,9-12,17,19-20H,2,5-8,13-16,18H2,(H,42,43). The Balaban J connectivity index is 1.51. The number of likely N-dealkylation sites (tertiary alicyclic amines) is 1. The van der Waals surface area contributed by atoms with Crippen LogP contribution < -0.4 is 0 Å². The quantitative estimate of drug-likeness (QED) is 0.312. The third-order valence-corrected chi connectivity index (χ3v) is 11.6. The van der Waals surface area contributed by atoms with Crippen molar-refractivity contribution < 1.29 is 54.0 Å². The lowest BCUT2D eigenvalue weighted by Gasteiger charge is -2.35. The van der Waals surface area contributed by atoms with E-state index in [0.717, 1.165) is 12.1 Å². The predicted octanol–water partition coefficient (Wildman–Crippen LogP) is 7.45. The molecule has 2 aromatic rings. The van der Waals surface area contributed by atoms with Crippen LogP contribution in [-0.4, -0.2) is 51.5 Å². The number of rotatable bonds is 7. The summed E-state index contributed by atoms with van der Waals surface area (Å²) in [5, 5.41) is 9.29. The van der Waals surface area contributed by atoms with Crippen LogP contribution in [-0.2, 0) is 36.5 Å². The number of carbonyl (C=O) groups is 2. The Bertz CT molecular complexity index is 1450. The van der Waals surface area contributed by atoms with E-state index in [0.29, 0.717) is 49.8 Å². The molecule has 0 bridgehead atoms. The molecule has 1 heterocycles. The molecule has 0 radical (unpaired) electrons. The van der Waals surface area contributed by atoms with E-state index in [4.69, 9.17) is 0 Å². The van der Waals surface area contributed by atoms with Crippen molar-refractivity contribution in [1.82, 2.24) is 4.90 Å². The van der Waals surface area contributed by atoms with Crippen molar-refractivity contribution in [3.05, 3.63) is 65.2 Å². The summed E-state index contributed by atoms with van der Waals surface area (Å²) in [4.78, 5) is 26.5. The Hall–Kier alpha value is -3.03. The number of alkyl halides is 8. The Morgan fingerprint density at radius 2 is 1.40 bits per heavy atom. The predicted molar refractivity (Wildman–Crippen MR) is 147 cm³/mol. The van der Waals surface area contributed by atoms with Crippen molar-refractivity contribution in [2.75, 3.05) is 13.1 Å². The third-order valence-electron chi connectivity index (χ3n) is 9.63. The second-order valence-electron chi connectivity index (χ2n) is 12.2. The average molecular weight is 666 g/mol. The molecule has 1 aliphatic heterocycles. The molecule has 2 saturated carbocycles. The van der Waals surface area contributed by atoms with E-state index in [2.05, 4.69) is 0 Å². The molecule has 1 N–H and O–H groups in total. The Kier molecular flexibility index (Phi) is 8.63. The monoisotopic (exact) mass is 665 g/mol. The van der Waals surface area contributed by atoms with Crippen molar-refractivity contribution in [2.45, 2.75) is 84.7 Å². The maximum Gasteiger partial charge on any atom is 0.435 e. The topological polar surface area (TPSA) is 74.7 Å². The van der Waals surface area contributed by atoms with Crippen LogP contribution in [0.5, 0.6) is 0 Å². The van der Waals surface area contributed by atoms with Crippen LogP contribution in [0.2, 0.25) is 0 Å². The number of carboxylic acid groups (broad SMARTS) is 1. The number of amides is 1. The summed E-state index contributed by atoms with van der Waals surface area (Å²) in [5.74, 6) is -2.36. The summed E-state index contributed by atoms with van der Waals surface area (Å²) >= 11 is 0. The summed E-state index contributed by atoms with van der Waals surface area (Å²) in [6.45, 7) is -0.170. The lowest BCUT2D eigenvalue weighted by molar-refractivity contribution is -0.348. The van der Waals surface area contributed by atoms with E-state index in [1.165, 1.54) is 23.1 Å². The second kappa shape index (κ2) is 11.6. The van der Waals surface area contributed by atoms with Crippen molar-refractivity contribution >= 4 is 22.7 Å². The molecule has 14 heteroatoms. The lowest BCUT2D eigenvalue weighted by Crippen LogP contribution is -2.50. The van der Waals surface area contributed by atoms with Crippen LogP contribution in [0.15, 0.2) is 53.4 Å². The molecule has 1 amide bonds. The van der Waals surface area contributed by atoms with Gasteiger partial charge in [0, 0.05) is 29.5 Å². The summed E-state index contributed by atoms with van der Waals surface area (Å²) in [6.07, 6.45) is -10.2. The highest BCUT2D eigenvalue weighted by molar-refractivity contribution is 7.86. The lowest BCUT2D eigenvalue weighted by atomic mass is 9.77. The van der Waals surface area contributed by atoms with Crippen LogP contribution in [0.25, 0.3) is 0 Å². The van der Waals surface area contributed by atoms with Gasteiger partial charge in [-0.15, -0.1) is 0 Å². The summed E-state index contributed by atoms with van der Waals surface area (Å²) < 4.78 is 123. The third kappa shape index (κ3) is 5.76. The fraction of sp³-hybridized carbons (Fsp3) is 0.548. The van der Waals surface area contributed by atoms with Gasteiger partial charge in [-0.1, -0.05) is 36.4 Å². The van der Waals surface area contributed by atoms with Crippen molar-refractivity contribution in [3.63, 3.8) is 0 Å². The van der Waals surface area contributed by atoms with Gasteiger partial charge >= 0.3 is 24.0 Å². The van der Waals surface area contributed by atoms with E-state index < -0.39 is 62.6 Å². The molecule has 0 aromatic heterocycles. The molecule has 2 aromatic carbocycles. The maximum absolute atomic E-state index is 15.3.